The fourth-order valence-corrected chi connectivity index (χ4v) is 0.696. The van der Waals surface area contributed by atoms with Crippen molar-refractivity contribution in [3.8, 4) is 5.88 Å². The summed E-state index contributed by atoms with van der Waals surface area (Å²) in [6.07, 6.45) is 2.43. The van der Waals surface area contributed by atoms with E-state index in [2.05, 4.69) is 16.5 Å². The number of nitrogens with zero attached hydrogens (tertiary/aromatic N) is 2. The Morgan fingerprint density at radius 3 is 3.17 bits per heavy atom. The summed E-state index contributed by atoms with van der Waals surface area (Å²) in [5, 5.41) is -0.0459. The van der Waals surface area contributed by atoms with E-state index in [9.17, 15) is 4.39 Å². The van der Waals surface area contributed by atoms with E-state index in [1.54, 1.807) is 0 Å². The molecule has 0 saturated heterocycles. The largest absolute Gasteiger partial charge is 0.471 e. The SMILES string of the molecule is C=CCOc1nc(Cl)ncc1F. The van der Waals surface area contributed by atoms with Crippen LogP contribution in [0.2, 0.25) is 5.28 Å². The first-order valence-corrected chi connectivity index (χ1v) is 3.53. The molecule has 0 amide bonds. The summed E-state index contributed by atoms with van der Waals surface area (Å²) in [4.78, 5) is 6.94. The maximum Gasteiger partial charge on any atom is 0.255 e. The van der Waals surface area contributed by atoms with Gasteiger partial charge in [0, 0.05) is 0 Å². The summed E-state index contributed by atoms with van der Waals surface area (Å²) in [6.45, 7) is 3.59. The maximum atomic E-state index is 12.8. The molecule has 1 aromatic heterocycles. The number of rotatable bonds is 3. The monoisotopic (exact) mass is 188 g/mol. The van der Waals surface area contributed by atoms with Gasteiger partial charge in [-0.1, -0.05) is 12.7 Å². The van der Waals surface area contributed by atoms with Crippen molar-refractivity contribution < 1.29 is 9.13 Å². The van der Waals surface area contributed by atoms with Crippen LogP contribution in [0, 0.1) is 5.82 Å². The van der Waals surface area contributed by atoms with E-state index >= 15 is 0 Å². The molecule has 0 fully saturated rings. The second kappa shape index (κ2) is 4.01. The minimum atomic E-state index is -0.638. The molecule has 0 aliphatic carbocycles. The summed E-state index contributed by atoms with van der Waals surface area (Å²) in [5.74, 6) is -0.795. The van der Waals surface area contributed by atoms with Crippen LogP contribution in [-0.2, 0) is 0 Å². The highest BCUT2D eigenvalue weighted by atomic mass is 35.5. The van der Waals surface area contributed by atoms with E-state index in [0.717, 1.165) is 6.20 Å². The van der Waals surface area contributed by atoms with Gasteiger partial charge >= 0.3 is 0 Å². The average molecular weight is 189 g/mol. The van der Waals surface area contributed by atoms with Gasteiger partial charge in [0.2, 0.25) is 11.1 Å². The first-order chi connectivity index (χ1) is 5.74. The molecule has 0 atom stereocenters. The molecule has 64 valence electrons. The third-order valence-electron chi connectivity index (χ3n) is 1.02. The summed E-state index contributed by atoms with van der Waals surface area (Å²) in [7, 11) is 0. The van der Waals surface area contributed by atoms with E-state index in [1.807, 2.05) is 0 Å². The number of ether oxygens (including phenoxy) is 1. The number of hydrogen-bond donors (Lipinski definition) is 0. The molecular formula is C7H6ClFN2O. The molecule has 0 bridgehead atoms. The Kier molecular flexibility index (Phi) is 2.99. The van der Waals surface area contributed by atoms with Crippen LogP contribution in [0.25, 0.3) is 0 Å². The fraction of sp³-hybridized carbons (Fsp3) is 0.143. The highest BCUT2D eigenvalue weighted by Crippen LogP contribution is 2.13. The number of hydrogen-bond acceptors (Lipinski definition) is 3. The lowest BCUT2D eigenvalue weighted by molar-refractivity contribution is 0.325. The quantitative estimate of drug-likeness (QED) is 0.536. The lowest BCUT2D eigenvalue weighted by Crippen LogP contribution is -1.99. The second-order valence-electron chi connectivity index (χ2n) is 1.89. The molecule has 1 heterocycles. The molecular weight excluding hydrogens is 183 g/mol. The van der Waals surface area contributed by atoms with Crippen LogP contribution in [0.15, 0.2) is 18.9 Å². The molecule has 5 heteroatoms. The van der Waals surface area contributed by atoms with Gasteiger partial charge in [0.05, 0.1) is 6.20 Å². The molecule has 0 spiro atoms. The predicted molar refractivity (Wildman–Crippen MR) is 42.7 cm³/mol. The molecule has 1 rings (SSSR count). The zero-order valence-electron chi connectivity index (χ0n) is 6.13. The van der Waals surface area contributed by atoms with E-state index in [4.69, 9.17) is 16.3 Å². The van der Waals surface area contributed by atoms with Crippen molar-refractivity contribution in [2.24, 2.45) is 0 Å². The van der Waals surface area contributed by atoms with E-state index < -0.39 is 5.82 Å². The van der Waals surface area contributed by atoms with Gasteiger partial charge in [0.15, 0.2) is 0 Å². The Morgan fingerprint density at radius 1 is 1.75 bits per heavy atom. The zero-order valence-corrected chi connectivity index (χ0v) is 6.88. The van der Waals surface area contributed by atoms with Crippen molar-refractivity contribution in [3.05, 3.63) is 30.0 Å². The highest BCUT2D eigenvalue weighted by Gasteiger charge is 2.05. The number of halogens is 2. The normalized spacial score (nSPS) is 9.50. The Morgan fingerprint density at radius 2 is 2.50 bits per heavy atom. The van der Waals surface area contributed by atoms with Gasteiger partial charge in [-0.25, -0.2) is 4.98 Å². The van der Waals surface area contributed by atoms with Crippen molar-refractivity contribution in [1.82, 2.24) is 9.97 Å². The molecule has 0 unspecified atom stereocenters. The minimum absolute atomic E-state index is 0.0459. The Balaban J connectivity index is 2.82. The molecule has 0 saturated carbocycles. The Labute approximate surface area is 73.9 Å². The van der Waals surface area contributed by atoms with Crippen molar-refractivity contribution in [2.45, 2.75) is 0 Å². The van der Waals surface area contributed by atoms with Gasteiger partial charge in [-0.3, -0.25) is 0 Å². The molecule has 0 radical (unpaired) electrons. The molecule has 0 aromatic carbocycles. The standard InChI is InChI=1S/C7H6ClFN2O/c1-2-3-12-6-5(9)4-10-7(8)11-6/h2,4H,1,3H2. The first-order valence-electron chi connectivity index (χ1n) is 3.15. The Bertz CT molecular complexity index is 293. The minimum Gasteiger partial charge on any atom is -0.471 e. The Hall–Kier alpha value is -1.16. The van der Waals surface area contributed by atoms with E-state index in [-0.39, 0.29) is 17.8 Å². The molecule has 3 nitrogen and oxygen atoms in total. The van der Waals surface area contributed by atoms with Crippen LogP contribution in [-0.4, -0.2) is 16.6 Å². The van der Waals surface area contributed by atoms with Crippen molar-refractivity contribution >= 4 is 11.6 Å². The number of aromatic nitrogens is 2. The van der Waals surface area contributed by atoms with Gasteiger partial charge in [-0.15, -0.1) is 0 Å². The van der Waals surface area contributed by atoms with Gasteiger partial charge in [-0.2, -0.15) is 9.37 Å². The van der Waals surface area contributed by atoms with Crippen LogP contribution in [0.3, 0.4) is 0 Å². The molecule has 0 aliphatic rings. The molecule has 0 aliphatic heterocycles. The second-order valence-corrected chi connectivity index (χ2v) is 2.23. The topological polar surface area (TPSA) is 35.0 Å². The molecule has 0 N–H and O–H groups in total. The molecule has 1 aromatic rings. The predicted octanol–water partition coefficient (Wildman–Crippen LogP) is 1.83. The molecule has 12 heavy (non-hydrogen) atoms. The van der Waals surface area contributed by atoms with Crippen molar-refractivity contribution in [2.75, 3.05) is 6.61 Å². The van der Waals surface area contributed by atoms with Gasteiger partial charge in [-0.05, 0) is 11.6 Å². The van der Waals surface area contributed by atoms with Gasteiger partial charge in [0.1, 0.15) is 6.61 Å². The van der Waals surface area contributed by atoms with Crippen LogP contribution in [0.4, 0.5) is 4.39 Å². The van der Waals surface area contributed by atoms with Gasteiger partial charge in [0.25, 0.3) is 5.88 Å². The van der Waals surface area contributed by atoms with Crippen molar-refractivity contribution in [3.63, 3.8) is 0 Å². The summed E-state index contributed by atoms with van der Waals surface area (Å²) in [6, 6.07) is 0. The zero-order chi connectivity index (χ0) is 8.97. The fourth-order valence-electron chi connectivity index (χ4n) is 0.570. The highest BCUT2D eigenvalue weighted by molar-refractivity contribution is 6.28. The third kappa shape index (κ3) is 2.17. The van der Waals surface area contributed by atoms with Gasteiger partial charge < -0.3 is 4.74 Å². The van der Waals surface area contributed by atoms with Crippen molar-refractivity contribution in [1.29, 1.82) is 0 Å². The lowest BCUT2D eigenvalue weighted by Gasteiger charge is -2.01. The maximum absolute atomic E-state index is 12.8. The van der Waals surface area contributed by atoms with Crippen LogP contribution in [0.1, 0.15) is 0 Å². The summed E-state index contributed by atoms with van der Waals surface area (Å²) >= 11 is 5.40. The van der Waals surface area contributed by atoms with E-state index in [0.29, 0.717) is 0 Å². The average Bonchev–Trinajstić information content (AvgIpc) is 2.07. The summed E-state index contributed by atoms with van der Waals surface area (Å²) in [5.41, 5.74) is 0. The van der Waals surface area contributed by atoms with Crippen LogP contribution < -0.4 is 4.74 Å². The van der Waals surface area contributed by atoms with Crippen LogP contribution >= 0.6 is 11.6 Å². The third-order valence-corrected chi connectivity index (χ3v) is 1.20. The first kappa shape index (κ1) is 8.93. The van der Waals surface area contributed by atoms with Crippen LogP contribution in [0.5, 0.6) is 5.88 Å². The smallest absolute Gasteiger partial charge is 0.255 e. The lowest BCUT2D eigenvalue weighted by atomic mass is 10.6. The van der Waals surface area contributed by atoms with E-state index in [1.165, 1.54) is 6.08 Å². The summed E-state index contributed by atoms with van der Waals surface area (Å²) < 4.78 is 17.6.